The van der Waals surface area contributed by atoms with Crippen LogP contribution in [0.15, 0.2) is 73.1 Å². The van der Waals surface area contributed by atoms with Gasteiger partial charge < -0.3 is 16.4 Å². The molecule has 5 aromatic rings. The lowest BCUT2D eigenvalue weighted by Gasteiger charge is -2.12. The Balaban J connectivity index is 1.39. The molecule has 8 heteroatoms. The summed E-state index contributed by atoms with van der Waals surface area (Å²) in [5, 5.41) is 7.29. The number of rotatable bonds is 10. The molecule has 0 aliphatic carbocycles. The van der Waals surface area contributed by atoms with Crippen LogP contribution in [0.2, 0.25) is 0 Å². The summed E-state index contributed by atoms with van der Waals surface area (Å²) in [4.78, 5) is 25.4. The number of hydrogen-bond acceptors (Lipinski definition) is 6. The van der Waals surface area contributed by atoms with Crippen molar-refractivity contribution in [2.45, 2.75) is 26.7 Å². The molecule has 0 unspecified atom stereocenters. The average molecular weight is 508 g/mol. The lowest BCUT2D eigenvalue weighted by atomic mass is 10.1. The van der Waals surface area contributed by atoms with Crippen LogP contribution < -0.4 is 16.4 Å². The van der Waals surface area contributed by atoms with Crippen LogP contribution in [0.5, 0.6) is 0 Å². The van der Waals surface area contributed by atoms with E-state index < -0.39 is 0 Å². The maximum atomic E-state index is 11.0. The minimum atomic E-state index is -0.00516. The van der Waals surface area contributed by atoms with Crippen LogP contribution in [0.1, 0.15) is 26.1 Å². The van der Waals surface area contributed by atoms with E-state index in [1.165, 1.54) is 6.92 Å². The predicted octanol–water partition coefficient (Wildman–Crippen LogP) is 4.49. The normalized spacial score (nSPS) is 12.2. The van der Waals surface area contributed by atoms with E-state index in [1.807, 2.05) is 24.4 Å². The predicted molar refractivity (Wildman–Crippen MR) is 153 cm³/mol. The first kappa shape index (κ1) is 25.4. The van der Waals surface area contributed by atoms with Crippen LogP contribution >= 0.6 is 0 Å². The van der Waals surface area contributed by atoms with Crippen molar-refractivity contribution in [1.29, 1.82) is 0 Å². The fourth-order valence-corrected chi connectivity index (χ4v) is 4.69. The summed E-state index contributed by atoms with van der Waals surface area (Å²) in [6.07, 6.45) is 5.43. The molecule has 0 bridgehead atoms. The third-order valence-corrected chi connectivity index (χ3v) is 6.72. The number of nitrogens with one attached hydrogen (secondary N) is 2. The van der Waals surface area contributed by atoms with Crippen molar-refractivity contribution >= 4 is 28.1 Å². The van der Waals surface area contributed by atoms with Crippen molar-refractivity contribution in [1.82, 2.24) is 30.0 Å². The van der Waals surface area contributed by atoms with Crippen molar-refractivity contribution in [2.24, 2.45) is 5.92 Å². The smallest absolute Gasteiger partial charge is 0.216 e. The number of benzene rings is 2. The highest BCUT2D eigenvalue weighted by Crippen LogP contribution is 2.31. The van der Waals surface area contributed by atoms with Crippen LogP contribution in [0.25, 0.3) is 38.9 Å². The van der Waals surface area contributed by atoms with Crippen molar-refractivity contribution in [3.05, 3.63) is 78.9 Å². The Morgan fingerprint density at radius 2 is 1.84 bits per heavy atom. The zero-order chi connectivity index (χ0) is 26.5. The van der Waals surface area contributed by atoms with Gasteiger partial charge in [-0.1, -0.05) is 55.5 Å². The third kappa shape index (κ3) is 5.65. The van der Waals surface area contributed by atoms with Gasteiger partial charge >= 0.3 is 0 Å². The molecule has 0 saturated carbocycles. The van der Waals surface area contributed by atoms with Gasteiger partial charge in [0.05, 0.1) is 11.2 Å². The Bertz CT molecular complexity index is 1560. The number of carbonyl (C=O) groups excluding carboxylic acids is 1. The number of hydrogen-bond donors (Lipinski definition) is 3. The first-order valence-corrected chi connectivity index (χ1v) is 13.0. The number of aromatic nitrogens is 4. The first-order valence-electron chi connectivity index (χ1n) is 13.0. The van der Waals surface area contributed by atoms with Crippen molar-refractivity contribution in [3.8, 4) is 22.5 Å². The molecule has 0 saturated heterocycles. The molecule has 0 fully saturated rings. The summed E-state index contributed by atoms with van der Waals surface area (Å²) in [7, 11) is 0. The molecule has 0 aliphatic rings. The molecule has 1 amide bonds. The number of amides is 1. The van der Waals surface area contributed by atoms with E-state index in [1.54, 1.807) is 6.20 Å². The fourth-order valence-electron chi connectivity index (χ4n) is 4.69. The fraction of sp³-hybridized carbons (Fsp3) is 0.267. The molecule has 2 aromatic carbocycles. The van der Waals surface area contributed by atoms with Crippen LogP contribution in [0.3, 0.4) is 0 Å². The second kappa shape index (κ2) is 11.4. The minimum Gasteiger partial charge on any atom is -0.382 e. The van der Waals surface area contributed by atoms with Gasteiger partial charge in [-0.2, -0.15) is 0 Å². The van der Waals surface area contributed by atoms with Gasteiger partial charge in [0.1, 0.15) is 22.9 Å². The third-order valence-electron chi connectivity index (χ3n) is 6.72. The molecular weight excluding hydrogens is 474 g/mol. The zero-order valence-electron chi connectivity index (χ0n) is 21.8. The lowest BCUT2D eigenvalue weighted by molar-refractivity contribution is -0.118. The van der Waals surface area contributed by atoms with E-state index in [4.69, 9.17) is 15.7 Å². The second-order valence-corrected chi connectivity index (χ2v) is 9.71. The molecule has 38 heavy (non-hydrogen) atoms. The molecule has 8 nitrogen and oxygen atoms in total. The van der Waals surface area contributed by atoms with Gasteiger partial charge in [0.2, 0.25) is 5.91 Å². The molecular formula is C30H33N7O. The van der Waals surface area contributed by atoms with Gasteiger partial charge in [0, 0.05) is 55.3 Å². The Hall–Kier alpha value is -4.30. The highest BCUT2D eigenvalue weighted by atomic mass is 16.1. The number of aryl methyl sites for hydroxylation is 1. The van der Waals surface area contributed by atoms with Crippen molar-refractivity contribution in [2.75, 3.05) is 25.4 Å². The average Bonchev–Trinajstić information content (AvgIpc) is 3.31. The first-order chi connectivity index (χ1) is 18.5. The number of anilines is 1. The van der Waals surface area contributed by atoms with Crippen molar-refractivity contribution < 1.29 is 4.79 Å². The van der Waals surface area contributed by atoms with Crippen LogP contribution in [0.4, 0.5) is 5.82 Å². The molecule has 1 atom stereocenters. The maximum Gasteiger partial charge on any atom is 0.216 e. The zero-order valence-corrected chi connectivity index (χ0v) is 21.8. The number of pyridine rings is 1. The molecule has 0 radical (unpaired) electrons. The van der Waals surface area contributed by atoms with Gasteiger partial charge in [0.25, 0.3) is 0 Å². The SMILES string of the molecule is CC(=O)NCCNC[C@H](C)CCc1nc(-c2ccc3ccc(-c4ccccc4)nc3c2)c2c(N)nccn12. The monoisotopic (exact) mass is 507 g/mol. The Morgan fingerprint density at radius 1 is 1.03 bits per heavy atom. The highest BCUT2D eigenvalue weighted by Gasteiger charge is 2.17. The Kier molecular flexibility index (Phi) is 7.60. The molecule has 0 spiro atoms. The number of nitrogens with zero attached hydrogens (tertiary/aromatic N) is 4. The van der Waals surface area contributed by atoms with Gasteiger partial charge in [0.15, 0.2) is 0 Å². The van der Waals surface area contributed by atoms with E-state index in [0.717, 1.165) is 70.7 Å². The van der Waals surface area contributed by atoms with Gasteiger partial charge in [-0.05, 0) is 31.0 Å². The molecule has 194 valence electrons. The quantitative estimate of drug-likeness (QED) is 0.240. The Morgan fingerprint density at radius 3 is 2.66 bits per heavy atom. The highest BCUT2D eigenvalue weighted by molar-refractivity contribution is 5.91. The molecule has 0 aliphatic heterocycles. The lowest BCUT2D eigenvalue weighted by Crippen LogP contribution is -2.32. The van der Waals surface area contributed by atoms with E-state index in [0.29, 0.717) is 18.3 Å². The van der Waals surface area contributed by atoms with E-state index in [2.05, 4.69) is 69.4 Å². The summed E-state index contributed by atoms with van der Waals surface area (Å²) in [5.41, 5.74) is 11.9. The Labute approximate surface area is 222 Å². The largest absolute Gasteiger partial charge is 0.382 e. The number of nitrogens with two attached hydrogens (primary N) is 1. The molecule has 3 heterocycles. The topological polar surface area (TPSA) is 110 Å². The summed E-state index contributed by atoms with van der Waals surface area (Å²) in [6.45, 7) is 6.02. The maximum absolute atomic E-state index is 11.0. The minimum absolute atomic E-state index is 0.00516. The molecule has 4 N–H and O–H groups in total. The second-order valence-electron chi connectivity index (χ2n) is 9.71. The number of fused-ring (bicyclic) bond motifs is 2. The van der Waals surface area contributed by atoms with E-state index in [9.17, 15) is 4.79 Å². The summed E-state index contributed by atoms with van der Waals surface area (Å²) >= 11 is 0. The van der Waals surface area contributed by atoms with Crippen LogP contribution in [-0.4, -0.2) is 44.9 Å². The number of carbonyl (C=O) groups is 1. The number of imidazole rings is 1. The number of nitrogen functional groups attached to an aromatic ring is 1. The van der Waals surface area contributed by atoms with Gasteiger partial charge in [-0.3, -0.25) is 9.20 Å². The standard InChI is InChI=1S/C30H33N7O/c1-20(19-32-14-15-33-21(2)38)8-13-27-36-28(29-30(31)34-16-17-37(27)29)24-10-9-23-11-12-25(35-26(23)18-24)22-6-4-3-5-7-22/h3-7,9-12,16-18,20,32H,8,13-15,19H2,1-2H3,(H2,31,34)(H,33,38)/t20-/m1/s1. The summed E-state index contributed by atoms with van der Waals surface area (Å²) in [6, 6.07) is 20.6. The molecule has 3 aromatic heterocycles. The van der Waals surface area contributed by atoms with Crippen LogP contribution in [-0.2, 0) is 11.2 Å². The van der Waals surface area contributed by atoms with Gasteiger partial charge in [-0.25, -0.2) is 15.0 Å². The van der Waals surface area contributed by atoms with E-state index >= 15 is 0 Å². The summed E-state index contributed by atoms with van der Waals surface area (Å²) in [5.74, 6) is 1.86. The van der Waals surface area contributed by atoms with E-state index in [-0.39, 0.29) is 5.91 Å². The van der Waals surface area contributed by atoms with Crippen molar-refractivity contribution in [3.63, 3.8) is 0 Å². The van der Waals surface area contributed by atoms with Crippen LogP contribution in [0, 0.1) is 5.92 Å². The van der Waals surface area contributed by atoms with Gasteiger partial charge in [-0.15, -0.1) is 0 Å². The molecule has 5 rings (SSSR count). The summed E-state index contributed by atoms with van der Waals surface area (Å²) < 4.78 is 2.06.